The third-order valence-electron chi connectivity index (χ3n) is 3.94. The number of hydrogen-bond donors (Lipinski definition) is 2. The first-order valence-electron chi connectivity index (χ1n) is 7.58. The Morgan fingerprint density at radius 1 is 1.04 bits per heavy atom. The molecule has 1 amide bonds. The van der Waals surface area contributed by atoms with E-state index in [0.29, 0.717) is 23.7 Å². The van der Waals surface area contributed by atoms with Gasteiger partial charge in [0.15, 0.2) is 5.65 Å². The van der Waals surface area contributed by atoms with Crippen LogP contribution in [0.15, 0.2) is 60.8 Å². The van der Waals surface area contributed by atoms with Crippen LogP contribution in [0.4, 0.5) is 5.95 Å². The Morgan fingerprint density at radius 3 is 2.75 bits per heavy atom. The maximum atomic E-state index is 12.5. The molecule has 2 heterocycles. The van der Waals surface area contributed by atoms with E-state index in [4.69, 9.17) is 5.73 Å². The molecule has 0 aliphatic rings. The second kappa shape index (κ2) is 5.75. The summed E-state index contributed by atoms with van der Waals surface area (Å²) in [4.78, 5) is 12.5. The molecule has 0 radical (unpaired) electrons. The van der Waals surface area contributed by atoms with Gasteiger partial charge < -0.3 is 5.73 Å². The first kappa shape index (κ1) is 14.3. The summed E-state index contributed by atoms with van der Waals surface area (Å²) in [6.07, 6.45) is 1.81. The average Bonchev–Trinajstić information content (AvgIpc) is 3.04. The van der Waals surface area contributed by atoms with Crippen molar-refractivity contribution in [2.45, 2.75) is 6.54 Å². The molecule has 2 aromatic heterocycles. The minimum Gasteiger partial charge on any atom is -0.326 e. The predicted octanol–water partition coefficient (Wildman–Crippen LogP) is 2.59. The predicted molar refractivity (Wildman–Crippen MR) is 92.8 cm³/mol. The van der Waals surface area contributed by atoms with Crippen molar-refractivity contribution in [2.75, 3.05) is 5.32 Å². The van der Waals surface area contributed by atoms with E-state index < -0.39 is 0 Å². The lowest BCUT2D eigenvalue weighted by Crippen LogP contribution is -2.14. The van der Waals surface area contributed by atoms with Crippen LogP contribution in [-0.2, 0) is 6.54 Å². The Bertz CT molecular complexity index is 1050. The molecule has 0 aliphatic carbocycles. The highest BCUT2D eigenvalue weighted by Gasteiger charge is 2.11. The molecule has 4 aromatic rings. The lowest BCUT2D eigenvalue weighted by Gasteiger charge is -2.06. The van der Waals surface area contributed by atoms with E-state index in [0.717, 1.165) is 16.3 Å². The fourth-order valence-corrected chi connectivity index (χ4v) is 2.66. The molecule has 0 aliphatic heterocycles. The van der Waals surface area contributed by atoms with Crippen molar-refractivity contribution >= 4 is 28.3 Å². The smallest absolute Gasteiger partial charge is 0.258 e. The van der Waals surface area contributed by atoms with Gasteiger partial charge in [0.2, 0.25) is 5.95 Å². The largest absolute Gasteiger partial charge is 0.326 e. The van der Waals surface area contributed by atoms with Gasteiger partial charge in [0, 0.05) is 18.3 Å². The number of anilines is 1. The molecule has 0 bridgehead atoms. The highest BCUT2D eigenvalue weighted by Crippen LogP contribution is 2.19. The Morgan fingerprint density at radius 2 is 1.88 bits per heavy atom. The quantitative estimate of drug-likeness (QED) is 0.608. The van der Waals surface area contributed by atoms with Crippen molar-refractivity contribution < 1.29 is 4.79 Å². The van der Waals surface area contributed by atoms with Crippen LogP contribution in [0.1, 0.15) is 15.9 Å². The van der Waals surface area contributed by atoms with Crippen LogP contribution in [0.5, 0.6) is 0 Å². The molecule has 0 saturated heterocycles. The van der Waals surface area contributed by atoms with Crippen LogP contribution in [0.2, 0.25) is 0 Å². The van der Waals surface area contributed by atoms with Crippen LogP contribution in [-0.4, -0.2) is 20.5 Å². The molecule has 0 saturated carbocycles. The highest BCUT2D eigenvalue weighted by atomic mass is 16.1. The topological polar surface area (TPSA) is 85.3 Å². The first-order chi connectivity index (χ1) is 11.7. The van der Waals surface area contributed by atoms with Crippen LogP contribution < -0.4 is 11.1 Å². The van der Waals surface area contributed by atoms with Crippen molar-refractivity contribution in [3.05, 3.63) is 71.9 Å². The van der Waals surface area contributed by atoms with Gasteiger partial charge in [0.05, 0.1) is 0 Å². The molecule has 3 N–H and O–H groups in total. The van der Waals surface area contributed by atoms with Gasteiger partial charge in [-0.15, -0.1) is 10.2 Å². The number of aromatic nitrogens is 3. The minimum absolute atomic E-state index is 0.224. The lowest BCUT2D eigenvalue weighted by molar-refractivity contribution is 0.102. The fraction of sp³-hybridized carbons (Fsp3) is 0.0556. The van der Waals surface area contributed by atoms with Gasteiger partial charge in [0.25, 0.3) is 5.91 Å². The Hall–Kier alpha value is -3.25. The first-order valence-corrected chi connectivity index (χ1v) is 7.58. The summed E-state index contributed by atoms with van der Waals surface area (Å²) in [5.74, 6) is 0.173. The molecular formula is C18H15N5O. The van der Waals surface area contributed by atoms with Crippen molar-refractivity contribution in [1.82, 2.24) is 14.6 Å². The number of carbonyl (C=O) groups excluding carboxylic acids is 1. The molecule has 2 aromatic carbocycles. The summed E-state index contributed by atoms with van der Waals surface area (Å²) in [6.45, 7) is 0.498. The SMILES string of the molecule is NCc1ccc2cc(C(=O)Nc3nnc4ccccn34)ccc2c1. The molecule has 0 fully saturated rings. The third-order valence-corrected chi connectivity index (χ3v) is 3.94. The fourth-order valence-electron chi connectivity index (χ4n) is 2.66. The zero-order chi connectivity index (χ0) is 16.5. The summed E-state index contributed by atoms with van der Waals surface area (Å²) in [5, 5.41) is 12.9. The molecule has 6 nitrogen and oxygen atoms in total. The van der Waals surface area contributed by atoms with E-state index >= 15 is 0 Å². The van der Waals surface area contributed by atoms with Gasteiger partial charge >= 0.3 is 0 Å². The summed E-state index contributed by atoms with van der Waals surface area (Å²) in [5.41, 5.74) is 7.97. The zero-order valence-electron chi connectivity index (χ0n) is 12.8. The highest BCUT2D eigenvalue weighted by molar-refractivity contribution is 6.05. The summed E-state index contributed by atoms with van der Waals surface area (Å²) in [7, 11) is 0. The van der Waals surface area contributed by atoms with E-state index in [2.05, 4.69) is 15.5 Å². The number of amides is 1. The van der Waals surface area contributed by atoms with Gasteiger partial charge in [-0.2, -0.15) is 0 Å². The molecule has 0 unspecified atom stereocenters. The second-order valence-electron chi connectivity index (χ2n) is 5.51. The van der Waals surface area contributed by atoms with Crippen molar-refractivity contribution in [3.63, 3.8) is 0 Å². The van der Waals surface area contributed by atoms with Gasteiger partial charge in [0.1, 0.15) is 0 Å². The number of nitrogens with one attached hydrogen (secondary N) is 1. The lowest BCUT2D eigenvalue weighted by atomic mass is 10.0. The number of carbonyl (C=O) groups is 1. The van der Waals surface area contributed by atoms with Crippen molar-refractivity contribution in [2.24, 2.45) is 5.73 Å². The molecule has 0 atom stereocenters. The number of fused-ring (bicyclic) bond motifs is 2. The number of pyridine rings is 1. The summed E-state index contributed by atoms with van der Waals surface area (Å²) < 4.78 is 1.73. The van der Waals surface area contributed by atoms with Crippen molar-refractivity contribution in [1.29, 1.82) is 0 Å². The number of nitrogens with zero attached hydrogens (tertiary/aromatic N) is 3. The number of nitrogens with two attached hydrogens (primary N) is 1. The van der Waals surface area contributed by atoms with E-state index in [-0.39, 0.29) is 5.91 Å². The van der Waals surface area contributed by atoms with Crippen LogP contribution in [0.3, 0.4) is 0 Å². The average molecular weight is 317 g/mol. The van der Waals surface area contributed by atoms with E-state index in [1.54, 1.807) is 16.7 Å². The molecule has 0 spiro atoms. The van der Waals surface area contributed by atoms with E-state index in [1.807, 2.05) is 48.5 Å². The van der Waals surface area contributed by atoms with Gasteiger partial charge in [-0.25, -0.2) is 0 Å². The minimum atomic E-state index is -0.224. The zero-order valence-corrected chi connectivity index (χ0v) is 12.8. The van der Waals surface area contributed by atoms with Crippen LogP contribution >= 0.6 is 0 Å². The standard InChI is InChI=1S/C18H15N5O/c19-11-12-4-5-14-10-15(7-6-13(14)9-12)17(24)20-18-22-21-16-3-1-2-8-23(16)18/h1-10H,11,19H2,(H,20,22,24). The monoisotopic (exact) mass is 317 g/mol. The molecule has 118 valence electrons. The van der Waals surface area contributed by atoms with Crippen LogP contribution in [0, 0.1) is 0 Å². The third kappa shape index (κ3) is 2.49. The number of hydrogen-bond acceptors (Lipinski definition) is 4. The van der Waals surface area contributed by atoms with Gasteiger partial charge in [-0.3, -0.25) is 14.5 Å². The second-order valence-corrected chi connectivity index (χ2v) is 5.51. The maximum absolute atomic E-state index is 12.5. The van der Waals surface area contributed by atoms with Gasteiger partial charge in [-0.1, -0.05) is 24.3 Å². The molecular weight excluding hydrogens is 302 g/mol. The maximum Gasteiger partial charge on any atom is 0.258 e. The van der Waals surface area contributed by atoms with E-state index in [9.17, 15) is 4.79 Å². The molecule has 24 heavy (non-hydrogen) atoms. The van der Waals surface area contributed by atoms with Crippen molar-refractivity contribution in [3.8, 4) is 0 Å². The molecule has 4 rings (SSSR count). The van der Waals surface area contributed by atoms with Crippen LogP contribution in [0.25, 0.3) is 16.4 Å². The Labute approximate surface area is 137 Å². The van der Waals surface area contributed by atoms with Gasteiger partial charge in [-0.05, 0) is 46.7 Å². The molecule has 6 heteroatoms. The Kier molecular flexibility index (Phi) is 3.44. The summed E-state index contributed by atoms with van der Waals surface area (Å²) >= 11 is 0. The normalized spacial score (nSPS) is 11.0. The Balaban J connectivity index is 1.65. The number of rotatable bonds is 3. The number of benzene rings is 2. The van der Waals surface area contributed by atoms with E-state index in [1.165, 1.54) is 0 Å². The summed E-state index contributed by atoms with van der Waals surface area (Å²) in [6, 6.07) is 17.1.